The predicted molar refractivity (Wildman–Crippen MR) is 100 cm³/mol. The van der Waals surface area contributed by atoms with Gasteiger partial charge in [-0.05, 0) is 49.7 Å². The second-order valence-corrected chi connectivity index (χ2v) is 8.66. The first-order chi connectivity index (χ1) is 12.0. The molecule has 0 saturated carbocycles. The molecule has 3 rings (SSSR count). The number of nitrogens with zero attached hydrogens (tertiary/aromatic N) is 2. The highest BCUT2D eigenvalue weighted by Gasteiger charge is 2.15. The summed E-state index contributed by atoms with van der Waals surface area (Å²) in [5.74, 6) is 0. The van der Waals surface area contributed by atoms with Gasteiger partial charge >= 0.3 is 0 Å². The number of halogens is 1. The Morgan fingerprint density at radius 2 is 1.96 bits per heavy atom. The number of hydrogen-bond acceptors (Lipinski definition) is 5. The highest BCUT2D eigenvalue weighted by molar-refractivity contribution is 7.89. The van der Waals surface area contributed by atoms with Crippen molar-refractivity contribution in [2.45, 2.75) is 18.2 Å². The molecule has 0 radical (unpaired) electrons. The van der Waals surface area contributed by atoms with Crippen molar-refractivity contribution in [2.24, 2.45) is 0 Å². The predicted octanol–water partition coefficient (Wildman–Crippen LogP) is 3.69. The van der Waals surface area contributed by atoms with E-state index in [0.29, 0.717) is 18.0 Å². The highest BCUT2D eigenvalue weighted by Crippen LogP contribution is 2.27. The lowest BCUT2D eigenvalue weighted by Gasteiger charge is -2.06. The van der Waals surface area contributed by atoms with E-state index in [2.05, 4.69) is 14.7 Å². The normalized spacial score (nSPS) is 11.6. The molecule has 0 amide bonds. The summed E-state index contributed by atoms with van der Waals surface area (Å²) < 4.78 is 27.2. The first kappa shape index (κ1) is 18.0. The number of aryl methyl sites for hydroxylation is 1. The van der Waals surface area contributed by atoms with Crippen molar-refractivity contribution in [1.82, 2.24) is 14.7 Å². The third-order valence-electron chi connectivity index (χ3n) is 3.57. The van der Waals surface area contributed by atoms with Gasteiger partial charge in [0.25, 0.3) is 0 Å². The zero-order chi connectivity index (χ0) is 17.9. The third-order valence-corrected chi connectivity index (χ3v) is 6.56. The molecular weight excluding hydrogens is 378 g/mol. The van der Waals surface area contributed by atoms with Gasteiger partial charge in [0, 0.05) is 34.4 Å². The van der Waals surface area contributed by atoms with Crippen LogP contribution in [0.1, 0.15) is 10.6 Å². The minimum Gasteiger partial charge on any atom is -0.264 e. The molecule has 0 aliphatic rings. The second kappa shape index (κ2) is 7.61. The molecule has 25 heavy (non-hydrogen) atoms. The van der Waals surface area contributed by atoms with Crippen LogP contribution in [-0.4, -0.2) is 24.9 Å². The number of hydrogen-bond donors (Lipinski definition) is 1. The largest absolute Gasteiger partial charge is 0.264 e. The number of sulfonamides is 1. The summed E-state index contributed by atoms with van der Waals surface area (Å²) >= 11 is 7.35. The molecule has 2 heterocycles. The number of rotatable bonds is 6. The van der Waals surface area contributed by atoms with E-state index >= 15 is 0 Å². The molecule has 3 aromatic rings. The highest BCUT2D eigenvalue weighted by atomic mass is 35.5. The molecule has 2 aromatic heterocycles. The van der Waals surface area contributed by atoms with Crippen molar-refractivity contribution < 1.29 is 8.42 Å². The standard InChI is InChI=1S/C17H16ClN3O2S2/c1-12-16(24-17(21-12)13-3-2-9-19-11-13)8-10-20-25(22,23)15-6-4-14(18)5-7-15/h2-7,9,11,20H,8,10H2,1H3. The fraction of sp³-hybridized carbons (Fsp3) is 0.176. The molecule has 0 spiro atoms. The zero-order valence-corrected chi connectivity index (χ0v) is 15.8. The number of aromatic nitrogens is 2. The Balaban J connectivity index is 1.66. The Morgan fingerprint density at radius 1 is 1.20 bits per heavy atom. The van der Waals surface area contributed by atoms with Gasteiger partial charge in [-0.25, -0.2) is 18.1 Å². The Kier molecular flexibility index (Phi) is 5.48. The van der Waals surface area contributed by atoms with Gasteiger partial charge in [-0.3, -0.25) is 4.98 Å². The summed E-state index contributed by atoms with van der Waals surface area (Å²) in [5, 5.41) is 1.39. The fourth-order valence-electron chi connectivity index (χ4n) is 2.27. The number of benzene rings is 1. The second-order valence-electron chi connectivity index (χ2n) is 5.37. The number of pyridine rings is 1. The Labute approximate surface area is 155 Å². The number of nitrogens with one attached hydrogen (secondary N) is 1. The van der Waals surface area contributed by atoms with Crippen LogP contribution in [0.15, 0.2) is 53.7 Å². The average Bonchev–Trinajstić information content (AvgIpc) is 2.97. The Hall–Kier alpha value is -1.80. The van der Waals surface area contributed by atoms with E-state index < -0.39 is 10.0 Å². The lowest BCUT2D eigenvalue weighted by molar-refractivity contribution is 0.582. The molecule has 130 valence electrons. The molecule has 0 atom stereocenters. The average molecular weight is 394 g/mol. The summed E-state index contributed by atoms with van der Waals surface area (Å²) in [5.41, 5.74) is 1.87. The van der Waals surface area contributed by atoms with Crippen LogP contribution in [-0.2, 0) is 16.4 Å². The molecular formula is C17H16ClN3O2S2. The van der Waals surface area contributed by atoms with E-state index in [-0.39, 0.29) is 4.90 Å². The minimum atomic E-state index is -3.54. The summed E-state index contributed by atoms with van der Waals surface area (Å²) in [7, 11) is -3.54. The van der Waals surface area contributed by atoms with E-state index in [1.807, 2.05) is 19.1 Å². The van der Waals surface area contributed by atoms with Crippen LogP contribution in [0.25, 0.3) is 10.6 Å². The van der Waals surface area contributed by atoms with Gasteiger partial charge in [0.1, 0.15) is 5.01 Å². The quantitative estimate of drug-likeness (QED) is 0.693. The molecule has 0 saturated heterocycles. The van der Waals surface area contributed by atoms with E-state index in [0.717, 1.165) is 21.1 Å². The van der Waals surface area contributed by atoms with Gasteiger partial charge in [-0.1, -0.05) is 11.6 Å². The fourth-order valence-corrected chi connectivity index (χ4v) is 4.48. The maximum Gasteiger partial charge on any atom is 0.240 e. The van der Waals surface area contributed by atoms with E-state index in [1.165, 1.54) is 12.1 Å². The first-order valence-electron chi connectivity index (χ1n) is 7.57. The van der Waals surface area contributed by atoms with Crippen LogP contribution in [0.3, 0.4) is 0 Å². The smallest absolute Gasteiger partial charge is 0.240 e. The first-order valence-corrected chi connectivity index (χ1v) is 10.3. The summed E-state index contributed by atoms with van der Waals surface area (Å²) in [6.45, 7) is 2.24. The molecule has 0 fully saturated rings. The van der Waals surface area contributed by atoms with Gasteiger partial charge < -0.3 is 0 Å². The van der Waals surface area contributed by atoms with Crippen molar-refractivity contribution in [3.05, 3.63) is 64.4 Å². The van der Waals surface area contributed by atoms with Crippen LogP contribution in [0.4, 0.5) is 0 Å². The Bertz CT molecular complexity index is 955. The van der Waals surface area contributed by atoms with Crippen LogP contribution in [0.2, 0.25) is 5.02 Å². The Morgan fingerprint density at radius 3 is 2.64 bits per heavy atom. The SMILES string of the molecule is Cc1nc(-c2cccnc2)sc1CCNS(=O)(=O)c1ccc(Cl)cc1. The monoisotopic (exact) mass is 393 g/mol. The topological polar surface area (TPSA) is 72.0 Å². The van der Waals surface area contributed by atoms with Crippen LogP contribution < -0.4 is 4.72 Å². The van der Waals surface area contributed by atoms with Crippen molar-refractivity contribution in [1.29, 1.82) is 0 Å². The molecule has 0 bridgehead atoms. The number of thiazole rings is 1. The lowest BCUT2D eigenvalue weighted by Crippen LogP contribution is -2.25. The van der Waals surface area contributed by atoms with Gasteiger partial charge in [0.2, 0.25) is 10.0 Å². The summed E-state index contributed by atoms with van der Waals surface area (Å²) in [6, 6.07) is 9.92. The summed E-state index contributed by atoms with van der Waals surface area (Å²) in [6.07, 6.45) is 4.07. The maximum absolute atomic E-state index is 12.3. The van der Waals surface area contributed by atoms with Crippen LogP contribution >= 0.6 is 22.9 Å². The zero-order valence-electron chi connectivity index (χ0n) is 13.4. The van der Waals surface area contributed by atoms with Crippen molar-refractivity contribution in [3.63, 3.8) is 0 Å². The molecule has 1 aromatic carbocycles. The van der Waals surface area contributed by atoms with Gasteiger partial charge in [-0.15, -0.1) is 11.3 Å². The van der Waals surface area contributed by atoms with E-state index in [1.54, 1.807) is 35.9 Å². The molecule has 0 aliphatic heterocycles. The molecule has 8 heteroatoms. The minimum absolute atomic E-state index is 0.203. The van der Waals surface area contributed by atoms with Gasteiger partial charge in [0.05, 0.1) is 10.6 Å². The molecule has 0 aliphatic carbocycles. The maximum atomic E-state index is 12.3. The molecule has 0 unspecified atom stereocenters. The van der Waals surface area contributed by atoms with Gasteiger partial charge in [-0.2, -0.15) is 0 Å². The third kappa shape index (κ3) is 4.43. The van der Waals surface area contributed by atoms with E-state index in [4.69, 9.17) is 11.6 Å². The van der Waals surface area contributed by atoms with Crippen molar-refractivity contribution >= 4 is 33.0 Å². The van der Waals surface area contributed by atoms with E-state index in [9.17, 15) is 8.42 Å². The van der Waals surface area contributed by atoms with Crippen molar-refractivity contribution in [2.75, 3.05) is 6.54 Å². The van der Waals surface area contributed by atoms with Crippen molar-refractivity contribution in [3.8, 4) is 10.6 Å². The lowest BCUT2D eigenvalue weighted by atomic mass is 10.3. The van der Waals surface area contributed by atoms with Crippen LogP contribution in [0.5, 0.6) is 0 Å². The summed E-state index contributed by atoms with van der Waals surface area (Å²) in [4.78, 5) is 9.91. The van der Waals surface area contributed by atoms with Crippen LogP contribution in [0, 0.1) is 6.92 Å². The molecule has 5 nitrogen and oxygen atoms in total. The van der Waals surface area contributed by atoms with Gasteiger partial charge in [0.15, 0.2) is 0 Å². The molecule has 1 N–H and O–H groups in total.